The van der Waals surface area contributed by atoms with Gasteiger partial charge < -0.3 is 5.32 Å². The van der Waals surface area contributed by atoms with E-state index >= 15 is 0 Å². The Bertz CT molecular complexity index is 307. The maximum Gasteiger partial charge on any atom is 0.0898 e. The highest BCUT2D eigenvalue weighted by Gasteiger charge is 2.11. The van der Waals surface area contributed by atoms with Crippen molar-refractivity contribution in [1.29, 1.82) is 0 Å². The molecule has 0 radical (unpaired) electrons. The summed E-state index contributed by atoms with van der Waals surface area (Å²) in [5, 5.41) is 6.67. The van der Waals surface area contributed by atoms with Crippen molar-refractivity contribution >= 4 is 11.3 Å². The molecule has 90 valence electrons. The molecule has 0 amide bonds. The van der Waals surface area contributed by atoms with Crippen molar-refractivity contribution in [3.05, 3.63) is 28.7 Å². The van der Waals surface area contributed by atoms with Gasteiger partial charge in [-0.2, -0.15) is 0 Å². The largest absolute Gasteiger partial charge is 0.312 e. The summed E-state index contributed by atoms with van der Waals surface area (Å²) in [4.78, 5) is 4.54. The zero-order valence-corrected chi connectivity index (χ0v) is 11.1. The molecule has 0 aromatic carbocycles. The van der Waals surface area contributed by atoms with Crippen molar-refractivity contribution in [1.82, 2.24) is 10.3 Å². The smallest absolute Gasteiger partial charge is 0.0898 e. The Hall–Kier alpha value is -0.670. The molecule has 0 aliphatic carbocycles. The summed E-state index contributed by atoms with van der Waals surface area (Å²) < 4.78 is 0. The van der Waals surface area contributed by atoms with Gasteiger partial charge >= 0.3 is 0 Å². The zero-order chi connectivity index (χ0) is 11.8. The summed E-state index contributed by atoms with van der Waals surface area (Å²) >= 11 is 1.73. The molecule has 2 nitrogen and oxygen atoms in total. The van der Waals surface area contributed by atoms with Crippen molar-refractivity contribution < 1.29 is 0 Å². The maximum atomic E-state index is 4.54. The third kappa shape index (κ3) is 4.45. The highest BCUT2D eigenvalue weighted by molar-refractivity contribution is 7.09. The molecule has 0 aliphatic rings. The number of aromatic nitrogens is 1. The van der Waals surface area contributed by atoms with Crippen LogP contribution in [0.15, 0.2) is 18.0 Å². The molecule has 0 saturated carbocycles. The molecule has 16 heavy (non-hydrogen) atoms. The van der Waals surface area contributed by atoms with Gasteiger partial charge in [-0.05, 0) is 33.2 Å². The second-order valence-electron chi connectivity index (χ2n) is 4.06. The number of aryl methyl sites for hydroxylation is 1. The first-order valence-electron chi connectivity index (χ1n) is 5.98. The highest BCUT2D eigenvalue weighted by atomic mass is 32.1. The Morgan fingerprint density at radius 1 is 1.50 bits per heavy atom. The Balaban J connectivity index is 2.29. The lowest BCUT2D eigenvalue weighted by Gasteiger charge is -2.13. The monoisotopic (exact) mass is 238 g/mol. The molecule has 1 unspecified atom stereocenters. The predicted molar refractivity (Wildman–Crippen MR) is 71.9 cm³/mol. The van der Waals surface area contributed by atoms with Gasteiger partial charge in [-0.1, -0.05) is 18.9 Å². The van der Waals surface area contributed by atoms with Crippen LogP contribution in [0.3, 0.4) is 0 Å². The van der Waals surface area contributed by atoms with E-state index in [1.807, 2.05) is 13.1 Å². The molecule has 3 heteroatoms. The third-order valence-corrected chi connectivity index (χ3v) is 3.54. The summed E-state index contributed by atoms with van der Waals surface area (Å²) in [7, 11) is 2.02. The van der Waals surface area contributed by atoms with Gasteiger partial charge in [0.2, 0.25) is 0 Å². The van der Waals surface area contributed by atoms with E-state index in [2.05, 4.69) is 29.2 Å². The lowest BCUT2D eigenvalue weighted by Crippen LogP contribution is -2.16. The van der Waals surface area contributed by atoms with Crippen molar-refractivity contribution in [2.24, 2.45) is 0 Å². The van der Waals surface area contributed by atoms with Crippen LogP contribution in [0.25, 0.3) is 0 Å². The molecule has 0 spiro atoms. The van der Waals surface area contributed by atoms with Gasteiger partial charge in [-0.25, -0.2) is 4.98 Å². The van der Waals surface area contributed by atoms with E-state index in [0.717, 1.165) is 11.4 Å². The van der Waals surface area contributed by atoms with Crippen molar-refractivity contribution in [3.8, 4) is 0 Å². The second-order valence-corrected chi connectivity index (χ2v) is 5.12. The standard InChI is InChI=1S/C13H22N2S/c1-4-5-6-7-8-9-12(14-3)13-10-16-11(2)15-13/h4,10,12,14H,1,5-9H2,2-3H3. The van der Waals surface area contributed by atoms with Crippen LogP contribution >= 0.6 is 11.3 Å². The van der Waals surface area contributed by atoms with Crippen LogP contribution < -0.4 is 5.32 Å². The minimum Gasteiger partial charge on any atom is -0.312 e. The van der Waals surface area contributed by atoms with E-state index in [1.54, 1.807) is 11.3 Å². The van der Waals surface area contributed by atoms with E-state index in [4.69, 9.17) is 0 Å². The molecule has 1 rings (SSSR count). The van der Waals surface area contributed by atoms with E-state index in [9.17, 15) is 0 Å². The maximum absolute atomic E-state index is 4.54. The molecule has 1 aromatic rings. The van der Waals surface area contributed by atoms with E-state index in [-0.39, 0.29) is 0 Å². The molecular formula is C13H22N2S. The summed E-state index contributed by atoms with van der Waals surface area (Å²) in [6.45, 7) is 5.80. The minimum absolute atomic E-state index is 0.425. The number of hydrogen-bond donors (Lipinski definition) is 1. The Morgan fingerprint density at radius 2 is 2.31 bits per heavy atom. The number of unbranched alkanes of at least 4 members (excludes halogenated alkanes) is 3. The molecule has 0 bridgehead atoms. The van der Waals surface area contributed by atoms with Crippen LogP contribution in [0.4, 0.5) is 0 Å². The van der Waals surface area contributed by atoms with Crippen molar-refractivity contribution in [2.75, 3.05) is 7.05 Å². The first-order valence-corrected chi connectivity index (χ1v) is 6.86. The van der Waals surface area contributed by atoms with Gasteiger partial charge in [0.05, 0.1) is 16.7 Å². The number of nitrogens with one attached hydrogen (secondary N) is 1. The first kappa shape index (κ1) is 13.4. The van der Waals surface area contributed by atoms with Crippen LogP contribution in [0.1, 0.15) is 48.8 Å². The van der Waals surface area contributed by atoms with E-state index < -0.39 is 0 Å². The molecule has 0 fully saturated rings. The fraction of sp³-hybridized carbons (Fsp3) is 0.615. The molecule has 1 heterocycles. The van der Waals surface area contributed by atoms with Crippen LogP contribution in [0, 0.1) is 6.92 Å². The lowest BCUT2D eigenvalue weighted by atomic mass is 10.1. The van der Waals surface area contributed by atoms with Crippen LogP contribution in [-0.4, -0.2) is 12.0 Å². The van der Waals surface area contributed by atoms with Gasteiger partial charge in [0.15, 0.2) is 0 Å². The Labute approximate surface area is 103 Å². The topological polar surface area (TPSA) is 24.9 Å². The fourth-order valence-corrected chi connectivity index (χ4v) is 2.46. The zero-order valence-electron chi connectivity index (χ0n) is 10.3. The Kier molecular flexibility index (Phi) is 6.34. The molecule has 1 aromatic heterocycles. The molecule has 0 aliphatic heterocycles. The van der Waals surface area contributed by atoms with Gasteiger partial charge in [-0.3, -0.25) is 0 Å². The quantitative estimate of drug-likeness (QED) is 0.549. The van der Waals surface area contributed by atoms with Gasteiger partial charge in [-0.15, -0.1) is 17.9 Å². The van der Waals surface area contributed by atoms with Crippen LogP contribution in [-0.2, 0) is 0 Å². The number of rotatable bonds is 8. The Morgan fingerprint density at radius 3 is 2.88 bits per heavy atom. The molecular weight excluding hydrogens is 216 g/mol. The van der Waals surface area contributed by atoms with Crippen LogP contribution in [0.5, 0.6) is 0 Å². The average molecular weight is 238 g/mol. The summed E-state index contributed by atoms with van der Waals surface area (Å²) in [6.07, 6.45) is 8.12. The van der Waals surface area contributed by atoms with Gasteiger partial charge in [0, 0.05) is 5.38 Å². The van der Waals surface area contributed by atoms with E-state index in [0.29, 0.717) is 6.04 Å². The van der Waals surface area contributed by atoms with Crippen LogP contribution in [0.2, 0.25) is 0 Å². The molecule has 0 saturated heterocycles. The fourth-order valence-electron chi connectivity index (χ4n) is 1.79. The summed E-state index contributed by atoms with van der Waals surface area (Å²) in [6, 6.07) is 0.425. The molecule has 1 N–H and O–H groups in total. The van der Waals surface area contributed by atoms with Crippen molar-refractivity contribution in [3.63, 3.8) is 0 Å². The summed E-state index contributed by atoms with van der Waals surface area (Å²) in [5.74, 6) is 0. The predicted octanol–water partition coefficient (Wildman–Crippen LogP) is 3.85. The third-order valence-electron chi connectivity index (χ3n) is 2.74. The van der Waals surface area contributed by atoms with Gasteiger partial charge in [0.1, 0.15) is 0 Å². The van der Waals surface area contributed by atoms with E-state index in [1.165, 1.54) is 31.4 Å². The number of allylic oxidation sites excluding steroid dienone is 1. The highest BCUT2D eigenvalue weighted by Crippen LogP contribution is 2.21. The van der Waals surface area contributed by atoms with Crippen molar-refractivity contribution in [2.45, 2.75) is 45.1 Å². The minimum atomic E-state index is 0.425. The SMILES string of the molecule is C=CCCCCCC(NC)c1csc(C)n1. The summed E-state index contributed by atoms with van der Waals surface area (Å²) in [5.41, 5.74) is 1.20. The average Bonchev–Trinajstić information content (AvgIpc) is 2.70. The van der Waals surface area contributed by atoms with Gasteiger partial charge in [0.25, 0.3) is 0 Å². The number of nitrogens with zero attached hydrogens (tertiary/aromatic N) is 1. The lowest BCUT2D eigenvalue weighted by molar-refractivity contribution is 0.499. The second kappa shape index (κ2) is 7.58. The first-order chi connectivity index (χ1) is 7.77. The number of thiazole rings is 1. The number of hydrogen-bond acceptors (Lipinski definition) is 3. The molecule has 1 atom stereocenters. The normalized spacial score (nSPS) is 12.6.